The van der Waals surface area contributed by atoms with Crippen molar-refractivity contribution < 1.29 is 0 Å². The van der Waals surface area contributed by atoms with E-state index in [4.69, 9.17) is 11.7 Å². The largest absolute Gasteiger partial charge is 0.366 e. The minimum atomic E-state index is 0.467. The van der Waals surface area contributed by atoms with Gasteiger partial charge in [0.2, 0.25) is 5.95 Å². The minimum Gasteiger partial charge on any atom is -0.366 e. The number of hydrogen-bond donors (Lipinski definition) is 2. The van der Waals surface area contributed by atoms with Gasteiger partial charge in [0.05, 0.1) is 23.4 Å². The average molecular weight is 275 g/mol. The summed E-state index contributed by atoms with van der Waals surface area (Å²) in [6, 6.07) is 9.64. The average Bonchev–Trinajstić information content (AvgIpc) is 3.32. The number of aromatic nitrogens is 2. The van der Waals surface area contributed by atoms with Crippen LogP contribution >= 0.6 is 0 Å². The van der Waals surface area contributed by atoms with Crippen LogP contribution in [0.4, 0.5) is 17.5 Å². The number of rotatable bonds is 4. The van der Waals surface area contributed by atoms with Crippen molar-refractivity contribution in [1.82, 2.24) is 9.97 Å². The van der Waals surface area contributed by atoms with Crippen LogP contribution in [0.1, 0.15) is 24.0 Å². The molecule has 0 aliphatic heterocycles. The number of nitriles is 1. The van der Waals surface area contributed by atoms with Crippen LogP contribution in [-0.4, -0.2) is 16.0 Å². The van der Waals surface area contributed by atoms with Crippen LogP contribution in [0.25, 0.3) is 0 Å². The number of terminal acetylenes is 1. The third-order valence-corrected chi connectivity index (χ3v) is 3.13. The predicted molar refractivity (Wildman–Crippen MR) is 81.1 cm³/mol. The van der Waals surface area contributed by atoms with Crippen molar-refractivity contribution in [2.75, 3.05) is 10.6 Å². The van der Waals surface area contributed by atoms with Crippen LogP contribution in [0.2, 0.25) is 0 Å². The van der Waals surface area contributed by atoms with Crippen LogP contribution in [0.5, 0.6) is 0 Å². The molecule has 1 heterocycles. The molecular weight excluding hydrogens is 262 g/mol. The highest BCUT2D eigenvalue weighted by atomic mass is 15.2. The highest BCUT2D eigenvalue weighted by Gasteiger charge is 2.22. The van der Waals surface area contributed by atoms with E-state index >= 15 is 0 Å². The number of anilines is 3. The summed E-state index contributed by atoms with van der Waals surface area (Å²) in [5.41, 5.74) is 2.09. The van der Waals surface area contributed by atoms with Crippen molar-refractivity contribution in [3.05, 3.63) is 41.6 Å². The number of nitrogens with zero attached hydrogens (tertiary/aromatic N) is 3. The molecule has 0 saturated heterocycles. The zero-order valence-electron chi connectivity index (χ0n) is 11.3. The maximum Gasteiger partial charge on any atom is 0.229 e. The van der Waals surface area contributed by atoms with Gasteiger partial charge in [-0.1, -0.05) is 5.92 Å². The Morgan fingerprint density at radius 2 is 2.00 bits per heavy atom. The number of hydrogen-bond acceptors (Lipinski definition) is 5. The van der Waals surface area contributed by atoms with Crippen LogP contribution in [0.3, 0.4) is 0 Å². The summed E-state index contributed by atoms with van der Waals surface area (Å²) in [6.45, 7) is 0. The molecule has 5 nitrogen and oxygen atoms in total. The zero-order chi connectivity index (χ0) is 14.7. The molecule has 1 saturated carbocycles. The molecule has 1 aromatic heterocycles. The first-order valence-corrected chi connectivity index (χ1v) is 6.66. The fourth-order valence-electron chi connectivity index (χ4n) is 1.84. The molecule has 0 atom stereocenters. The van der Waals surface area contributed by atoms with E-state index in [1.54, 1.807) is 18.3 Å². The third kappa shape index (κ3) is 3.10. The lowest BCUT2D eigenvalue weighted by Gasteiger charge is -2.09. The molecule has 5 heteroatoms. The van der Waals surface area contributed by atoms with Gasteiger partial charge in [0, 0.05) is 11.7 Å². The van der Waals surface area contributed by atoms with Gasteiger partial charge in [-0.15, -0.1) is 6.42 Å². The lowest BCUT2D eigenvalue weighted by molar-refractivity contribution is 1.08. The Kier molecular flexibility index (Phi) is 3.41. The summed E-state index contributed by atoms with van der Waals surface area (Å²) in [6.07, 6.45) is 9.38. The molecule has 1 fully saturated rings. The Morgan fingerprint density at radius 1 is 1.24 bits per heavy atom. The molecule has 0 spiro atoms. The van der Waals surface area contributed by atoms with E-state index in [1.807, 2.05) is 12.1 Å². The van der Waals surface area contributed by atoms with Crippen molar-refractivity contribution in [3.63, 3.8) is 0 Å². The van der Waals surface area contributed by atoms with Gasteiger partial charge in [-0.2, -0.15) is 10.2 Å². The van der Waals surface area contributed by atoms with E-state index in [0.717, 1.165) is 18.5 Å². The highest BCUT2D eigenvalue weighted by molar-refractivity contribution is 5.60. The van der Waals surface area contributed by atoms with Crippen molar-refractivity contribution >= 4 is 17.5 Å². The molecule has 2 aromatic rings. The molecule has 2 N–H and O–H groups in total. The van der Waals surface area contributed by atoms with Crippen LogP contribution in [0, 0.1) is 23.7 Å². The SMILES string of the molecule is C#Cc1cnc(Nc2ccc(C#N)cc2)nc1NC1CC1. The van der Waals surface area contributed by atoms with Gasteiger partial charge in [0.1, 0.15) is 5.82 Å². The Bertz CT molecular complexity index is 733. The molecule has 102 valence electrons. The molecule has 0 amide bonds. The van der Waals surface area contributed by atoms with Crippen molar-refractivity contribution in [2.24, 2.45) is 0 Å². The van der Waals surface area contributed by atoms with Gasteiger partial charge in [0.25, 0.3) is 0 Å². The summed E-state index contributed by atoms with van der Waals surface area (Å²) < 4.78 is 0. The van der Waals surface area contributed by atoms with Gasteiger partial charge < -0.3 is 10.6 Å². The second-order valence-electron chi connectivity index (χ2n) is 4.83. The van der Waals surface area contributed by atoms with Gasteiger partial charge in [-0.05, 0) is 37.1 Å². The first-order chi connectivity index (χ1) is 10.3. The van der Waals surface area contributed by atoms with E-state index in [9.17, 15) is 0 Å². The summed E-state index contributed by atoms with van der Waals surface area (Å²) >= 11 is 0. The fraction of sp³-hybridized carbons (Fsp3) is 0.188. The Balaban J connectivity index is 1.81. The molecule has 0 unspecified atom stereocenters. The predicted octanol–water partition coefficient (Wildman–Crippen LogP) is 2.65. The summed E-state index contributed by atoms with van der Waals surface area (Å²) in [5, 5.41) is 15.2. The maximum absolute atomic E-state index is 8.78. The smallest absolute Gasteiger partial charge is 0.229 e. The first kappa shape index (κ1) is 13.0. The zero-order valence-corrected chi connectivity index (χ0v) is 11.3. The third-order valence-electron chi connectivity index (χ3n) is 3.13. The van der Waals surface area contributed by atoms with E-state index < -0.39 is 0 Å². The van der Waals surface area contributed by atoms with E-state index in [1.165, 1.54) is 0 Å². The van der Waals surface area contributed by atoms with Gasteiger partial charge in [0.15, 0.2) is 0 Å². The van der Waals surface area contributed by atoms with E-state index in [2.05, 4.69) is 32.6 Å². The van der Waals surface area contributed by atoms with E-state index in [0.29, 0.717) is 28.9 Å². The molecule has 0 radical (unpaired) electrons. The van der Waals surface area contributed by atoms with Crippen molar-refractivity contribution in [2.45, 2.75) is 18.9 Å². The normalized spacial score (nSPS) is 13.0. The minimum absolute atomic E-state index is 0.467. The molecular formula is C16H13N5. The molecule has 1 aliphatic carbocycles. The second kappa shape index (κ2) is 5.52. The molecule has 21 heavy (non-hydrogen) atoms. The number of nitrogens with one attached hydrogen (secondary N) is 2. The lowest BCUT2D eigenvalue weighted by Crippen LogP contribution is -2.08. The topological polar surface area (TPSA) is 73.6 Å². The highest BCUT2D eigenvalue weighted by Crippen LogP contribution is 2.26. The van der Waals surface area contributed by atoms with Gasteiger partial charge >= 0.3 is 0 Å². The summed E-state index contributed by atoms with van der Waals surface area (Å²) in [7, 11) is 0. The van der Waals surface area contributed by atoms with Crippen molar-refractivity contribution in [1.29, 1.82) is 5.26 Å². The monoisotopic (exact) mass is 275 g/mol. The first-order valence-electron chi connectivity index (χ1n) is 6.66. The van der Waals surface area contributed by atoms with Crippen LogP contribution < -0.4 is 10.6 Å². The van der Waals surface area contributed by atoms with Gasteiger partial charge in [-0.3, -0.25) is 0 Å². The molecule has 1 aliphatic rings. The molecule has 0 bridgehead atoms. The quantitative estimate of drug-likeness (QED) is 0.839. The summed E-state index contributed by atoms with van der Waals surface area (Å²) in [4.78, 5) is 8.63. The Hall–Kier alpha value is -3.05. The second-order valence-corrected chi connectivity index (χ2v) is 4.83. The number of benzene rings is 1. The maximum atomic E-state index is 8.78. The molecule has 3 rings (SSSR count). The Morgan fingerprint density at radius 3 is 2.62 bits per heavy atom. The molecule has 1 aromatic carbocycles. The van der Waals surface area contributed by atoms with Gasteiger partial charge in [-0.25, -0.2) is 4.98 Å². The standard InChI is InChI=1S/C16H13N5/c1-2-12-10-18-16(21-15(12)19-13-7-8-13)20-14-5-3-11(9-17)4-6-14/h1,3-6,10,13H,7-8H2,(H2,18,19,20,21). The van der Waals surface area contributed by atoms with Crippen LogP contribution in [0.15, 0.2) is 30.5 Å². The van der Waals surface area contributed by atoms with E-state index in [-0.39, 0.29) is 0 Å². The van der Waals surface area contributed by atoms with Crippen molar-refractivity contribution in [3.8, 4) is 18.4 Å². The Labute approximate surface area is 123 Å². The summed E-state index contributed by atoms with van der Waals surface area (Å²) in [5.74, 6) is 3.74. The fourth-order valence-corrected chi connectivity index (χ4v) is 1.84. The van der Waals surface area contributed by atoms with Crippen LogP contribution in [-0.2, 0) is 0 Å². The lowest BCUT2D eigenvalue weighted by atomic mass is 10.2.